The van der Waals surface area contributed by atoms with E-state index in [0.29, 0.717) is 17.6 Å². The van der Waals surface area contributed by atoms with E-state index in [9.17, 15) is 13.6 Å². The summed E-state index contributed by atoms with van der Waals surface area (Å²) >= 11 is 0. The molecule has 0 unspecified atom stereocenters. The minimum atomic E-state index is -2.75. The van der Waals surface area contributed by atoms with E-state index in [-0.39, 0.29) is 30.1 Å². The van der Waals surface area contributed by atoms with Crippen LogP contribution in [0.5, 0.6) is 0 Å². The Morgan fingerprint density at radius 1 is 1.32 bits per heavy atom. The van der Waals surface area contributed by atoms with Gasteiger partial charge in [-0.05, 0) is 38.8 Å². The highest BCUT2D eigenvalue weighted by Crippen LogP contribution is 2.24. The van der Waals surface area contributed by atoms with Crippen LogP contribution in [-0.2, 0) is 9.63 Å². The van der Waals surface area contributed by atoms with Crippen molar-refractivity contribution in [2.24, 2.45) is 5.16 Å². The van der Waals surface area contributed by atoms with Gasteiger partial charge in [0.05, 0.1) is 11.0 Å². The molecule has 1 aromatic heterocycles. The Morgan fingerprint density at radius 3 is 2.71 bits per heavy atom. The third-order valence-electron chi connectivity index (χ3n) is 5.18. The third kappa shape index (κ3) is 4.31. The zero-order valence-corrected chi connectivity index (χ0v) is 16.3. The van der Waals surface area contributed by atoms with Crippen LogP contribution in [0.1, 0.15) is 58.3 Å². The largest absolute Gasteiger partial charge is 0.385 e. The number of hydrogen-bond donors (Lipinski definition) is 0. The van der Waals surface area contributed by atoms with Gasteiger partial charge < -0.3 is 9.74 Å². The van der Waals surface area contributed by atoms with Gasteiger partial charge in [-0.15, -0.1) is 0 Å². The molecule has 1 aromatic carbocycles. The molecule has 1 amide bonds. The van der Waals surface area contributed by atoms with Crippen molar-refractivity contribution in [3.05, 3.63) is 30.1 Å². The second-order valence-corrected chi connectivity index (χ2v) is 6.99. The van der Waals surface area contributed by atoms with Gasteiger partial charge in [0.2, 0.25) is 0 Å². The molecule has 8 heteroatoms. The van der Waals surface area contributed by atoms with E-state index in [1.54, 1.807) is 31.2 Å². The van der Waals surface area contributed by atoms with Crippen molar-refractivity contribution < 1.29 is 18.4 Å². The van der Waals surface area contributed by atoms with Crippen LogP contribution in [-0.4, -0.2) is 45.3 Å². The number of rotatable bonds is 7. The molecule has 1 aliphatic carbocycles. The Hall–Kier alpha value is -2.51. The predicted molar refractivity (Wildman–Crippen MR) is 103 cm³/mol. The average molecular weight is 392 g/mol. The number of fused-ring (bicyclic) bond motifs is 1. The van der Waals surface area contributed by atoms with E-state index in [2.05, 4.69) is 10.1 Å². The fourth-order valence-corrected chi connectivity index (χ4v) is 3.84. The van der Waals surface area contributed by atoms with Crippen LogP contribution in [0.25, 0.3) is 11.0 Å². The van der Waals surface area contributed by atoms with Crippen LogP contribution >= 0.6 is 0 Å². The summed E-state index contributed by atoms with van der Waals surface area (Å²) in [5.41, 5.74) is 0.982. The molecule has 28 heavy (non-hydrogen) atoms. The first-order valence-corrected chi connectivity index (χ1v) is 9.74. The number of amides is 1. The maximum Gasteiger partial charge on any atom is 0.320 e. The number of alkyl halides is 2. The number of para-hydroxylation sites is 2. The molecule has 0 atom stereocenters. The molecule has 1 heterocycles. The number of imidazole rings is 1. The van der Waals surface area contributed by atoms with Gasteiger partial charge >= 0.3 is 6.55 Å². The lowest BCUT2D eigenvalue weighted by Gasteiger charge is -2.33. The minimum absolute atomic E-state index is 0.0308. The Bertz CT molecular complexity index is 844. The minimum Gasteiger partial charge on any atom is -0.385 e. The highest BCUT2D eigenvalue weighted by molar-refractivity contribution is 5.98. The van der Waals surface area contributed by atoms with Crippen LogP contribution in [0.15, 0.2) is 29.4 Å². The van der Waals surface area contributed by atoms with Gasteiger partial charge in [-0.2, -0.15) is 8.78 Å². The van der Waals surface area contributed by atoms with Gasteiger partial charge in [-0.3, -0.25) is 9.36 Å². The van der Waals surface area contributed by atoms with E-state index >= 15 is 0 Å². The highest BCUT2D eigenvalue weighted by Gasteiger charge is 2.24. The Labute approximate surface area is 163 Å². The third-order valence-corrected chi connectivity index (χ3v) is 5.18. The lowest BCUT2D eigenvalue weighted by Crippen LogP contribution is -2.42. The van der Waals surface area contributed by atoms with Crippen LogP contribution in [0.3, 0.4) is 0 Å². The molecule has 1 fully saturated rings. The molecule has 6 nitrogen and oxygen atoms in total. The van der Waals surface area contributed by atoms with Gasteiger partial charge in [0.15, 0.2) is 12.4 Å². The van der Waals surface area contributed by atoms with Gasteiger partial charge in [0.1, 0.15) is 5.71 Å². The van der Waals surface area contributed by atoms with Gasteiger partial charge in [0, 0.05) is 12.6 Å². The number of halogens is 2. The van der Waals surface area contributed by atoms with Crippen molar-refractivity contribution in [3.8, 4) is 0 Å². The van der Waals surface area contributed by atoms with Crippen molar-refractivity contribution >= 4 is 22.7 Å². The molecule has 0 aliphatic heterocycles. The van der Waals surface area contributed by atoms with Crippen molar-refractivity contribution in [3.63, 3.8) is 0 Å². The summed E-state index contributed by atoms with van der Waals surface area (Å²) in [5, 5.41) is 3.89. The van der Waals surface area contributed by atoms with Crippen molar-refractivity contribution in [2.75, 3.05) is 13.2 Å². The molecule has 1 aliphatic rings. The molecule has 0 saturated heterocycles. The number of likely N-dealkylation sites (N-methyl/N-ethyl adjacent to an activating group) is 1. The molecule has 0 spiro atoms. The highest BCUT2D eigenvalue weighted by atomic mass is 19.3. The zero-order valence-electron chi connectivity index (χ0n) is 16.3. The summed E-state index contributed by atoms with van der Waals surface area (Å²) in [4.78, 5) is 23.8. The molecule has 2 aromatic rings. The first kappa shape index (κ1) is 20.2. The Balaban J connectivity index is 1.69. The Kier molecular flexibility index (Phi) is 6.59. The van der Waals surface area contributed by atoms with Crippen LogP contribution in [0, 0.1) is 0 Å². The SMILES string of the molecule is CCN(C(=O)CO/N=C(/C)c1nc2ccccc2n1C(F)F)C1CCCCC1. The average Bonchev–Trinajstić information content (AvgIpc) is 3.09. The maximum atomic E-state index is 13.5. The number of aromatic nitrogens is 2. The summed E-state index contributed by atoms with van der Waals surface area (Å²) in [7, 11) is 0. The molecule has 1 saturated carbocycles. The second-order valence-electron chi connectivity index (χ2n) is 6.99. The van der Waals surface area contributed by atoms with Gasteiger partial charge in [0.25, 0.3) is 5.91 Å². The van der Waals surface area contributed by atoms with E-state index < -0.39 is 6.55 Å². The monoisotopic (exact) mass is 392 g/mol. The summed E-state index contributed by atoms with van der Waals surface area (Å²) in [6, 6.07) is 6.92. The number of benzene rings is 1. The predicted octanol–water partition coefficient (Wildman–Crippen LogP) is 4.35. The molecular formula is C20H26F2N4O2. The lowest BCUT2D eigenvalue weighted by atomic mass is 9.94. The van der Waals surface area contributed by atoms with Crippen LogP contribution in [0.2, 0.25) is 0 Å². The summed E-state index contributed by atoms with van der Waals surface area (Å²) in [5.74, 6) is -0.100. The fraction of sp³-hybridized carbons (Fsp3) is 0.550. The number of hydrogen-bond acceptors (Lipinski definition) is 4. The van der Waals surface area contributed by atoms with Crippen molar-refractivity contribution in [1.29, 1.82) is 0 Å². The number of nitrogens with zero attached hydrogens (tertiary/aromatic N) is 4. The number of oxime groups is 1. The smallest absolute Gasteiger partial charge is 0.320 e. The fourth-order valence-electron chi connectivity index (χ4n) is 3.84. The van der Waals surface area contributed by atoms with Crippen LogP contribution < -0.4 is 0 Å². The van der Waals surface area contributed by atoms with Gasteiger partial charge in [-0.1, -0.05) is 36.6 Å². The molecule has 0 bridgehead atoms. The topological polar surface area (TPSA) is 59.7 Å². The summed E-state index contributed by atoms with van der Waals surface area (Å²) in [6.45, 7) is 1.15. The Morgan fingerprint density at radius 2 is 2.04 bits per heavy atom. The summed E-state index contributed by atoms with van der Waals surface area (Å²) in [6.07, 6.45) is 5.51. The van der Waals surface area contributed by atoms with Crippen molar-refractivity contribution in [2.45, 2.75) is 58.5 Å². The standard InChI is InChI=1S/C20H26F2N4O2/c1-3-25(15-9-5-4-6-10-15)18(27)13-28-24-14(2)19-23-16-11-7-8-12-17(16)26(19)20(21)22/h7-8,11-12,15,20H,3-6,9-10,13H2,1-2H3/b24-14-. The van der Waals surface area contributed by atoms with Gasteiger partial charge in [-0.25, -0.2) is 4.98 Å². The van der Waals surface area contributed by atoms with E-state index in [1.165, 1.54) is 6.42 Å². The van der Waals surface area contributed by atoms with E-state index in [0.717, 1.165) is 30.3 Å². The number of carbonyl (C=O) groups excluding carboxylic acids is 1. The first-order valence-electron chi connectivity index (χ1n) is 9.74. The first-order chi connectivity index (χ1) is 13.5. The van der Waals surface area contributed by atoms with E-state index in [1.807, 2.05) is 11.8 Å². The maximum absolute atomic E-state index is 13.5. The molecule has 3 rings (SSSR count). The van der Waals surface area contributed by atoms with E-state index in [4.69, 9.17) is 4.84 Å². The lowest BCUT2D eigenvalue weighted by molar-refractivity contribution is -0.138. The molecular weight excluding hydrogens is 366 g/mol. The molecule has 0 radical (unpaired) electrons. The normalized spacial score (nSPS) is 16.0. The summed E-state index contributed by atoms with van der Waals surface area (Å²) < 4.78 is 27.9. The molecule has 0 N–H and O–H groups in total. The van der Waals surface area contributed by atoms with Crippen molar-refractivity contribution in [1.82, 2.24) is 14.5 Å². The molecule has 152 valence electrons. The quantitative estimate of drug-likeness (QED) is 0.520. The van der Waals surface area contributed by atoms with Crippen LogP contribution in [0.4, 0.5) is 8.78 Å². The second kappa shape index (κ2) is 9.12. The number of carbonyl (C=O) groups is 1. The zero-order chi connectivity index (χ0) is 20.1.